The molecule has 0 bridgehead atoms. The van der Waals surface area contributed by atoms with Crippen LogP contribution in [0.1, 0.15) is 57.1 Å². The van der Waals surface area contributed by atoms with E-state index in [0.29, 0.717) is 6.04 Å². The van der Waals surface area contributed by atoms with Crippen molar-refractivity contribution in [2.24, 2.45) is 5.92 Å². The predicted molar refractivity (Wildman–Crippen MR) is 88.4 cm³/mol. The molecule has 20 heavy (non-hydrogen) atoms. The quantitative estimate of drug-likeness (QED) is 0.743. The maximum atomic E-state index is 3.66. The highest BCUT2D eigenvalue weighted by molar-refractivity contribution is 5.46. The van der Waals surface area contributed by atoms with Gasteiger partial charge in [-0.2, -0.15) is 0 Å². The van der Waals surface area contributed by atoms with E-state index < -0.39 is 0 Å². The molecule has 1 aliphatic carbocycles. The minimum atomic E-state index is 0.454. The van der Waals surface area contributed by atoms with Crippen LogP contribution in [0.15, 0.2) is 24.3 Å². The van der Waals surface area contributed by atoms with Gasteiger partial charge >= 0.3 is 0 Å². The summed E-state index contributed by atoms with van der Waals surface area (Å²) < 4.78 is 0. The van der Waals surface area contributed by atoms with Crippen molar-refractivity contribution in [3.63, 3.8) is 0 Å². The molecule has 1 saturated carbocycles. The Labute approximate surface area is 124 Å². The summed E-state index contributed by atoms with van der Waals surface area (Å²) in [6, 6.07) is 9.33. The second kappa shape index (κ2) is 7.68. The molecule has 0 amide bonds. The molecule has 1 unspecified atom stereocenters. The molecular formula is C18H30N2. The number of nitrogens with one attached hydrogen (secondary N) is 1. The van der Waals surface area contributed by atoms with E-state index in [9.17, 15) is 0 Å². The van der Waals surface area contributed by atoms with Gasteiger partial charge in [0.05, 0.1) is 0 Å². The van der Waals surface area contributed by atoms with Gasteiger partial charge in [0.2, 0.25) is 0 Å². The largest absolute Gasteiger partial charge is 0.378 e. The first-order chi connectivity index (χ1) is 9.66. The van der Waals surface area contributed by atoms with Gasteiger partial charge < -0.3 is 10.2 Å². The summed E-state index contributed by atoms with van der Waals surface area (Å²) in [5, 5.41) is 3.66. The van der Waals surface area contributed by atoms with Gasteiger partial charge in [0.1, 0.15) is 0 Å². The van der Waals surface area contributed by atoms with Crippen LogP contribution >= 0.6 is 0 Å². The van der Waals surface area contributed by atoms with E-state index >= 15 is 0 Å². The Balaban J connectivity index is 1.69. The van der Waals surface area contributed by atoms with Crippen molar-refractivity contribution >= 4 is 5.69 Å². The second-order valence-electron chi connectivity index (χ2n) is 6.45. The summed E-state index contributed by atoms with van der Waals surface area (Å²) in [6.07, 6.45) is 8.62. The molecule has 0 spiro atoms. The summed E-state index contributed by atoms with van der Waals surface area (Å²) in [4.78, 5) is 2.14. The molecule has 0 aliphatic heterocycles. The summed E-state index contributed by atoms with van der Waals surface area (Å²) in [7, 11) is 4.17. The fourth-order valence-electron chi connectivity index (χ4n) is 3.19. The first-order valence-corrected chi connectivity index (χ1v) is 8.17. The number of benzene rings is 1. The summed E-state index contributed by atoms with van der Waals surface area (Å²) in [5.41, 5.74) is 2.65. The van der Waals surface area contributed by atoms with Crippen molar-refractivity contribution in [2.75, 3.05) is 25.5 Å². The molecule has 0 heterocycles. The third-order valence-corrected chi connectivity index (χ3v) is 4.62. The number of hydrogen-bond acceptors (Lipinski definition) is 2. The lowest BCUT2D eigenvalue weighted by Gasteiger charge is -2.17. The predicted octanol–water partition coefficient (Wildman–Crippen LogP) is 4.37. The highest BCUT2D eigenvalue weighted by atomic mass is 15.1. The lowest BCUT2D eigenvalue weighted by atomic mass is 10.0. The average Bonchev–Trinajstić information content (AvgIpc) is 2.96. The van der Waals surface area contributed by atoms with Gasteiger partial charge in [-0.1, -0.05) is 37.8 Å². The maximum Gasteiger partial charge on any atom is 0.0361 e. The van der Waals surface area contributed by atoms with Crippen LogP contribution in [0, 0.1) is 5.92 Å². The minimum absolute atomic E-state index is 0.454. The Morgan fingerprint density at radius 3 is 2.40 bits per heavy atom. The minimum Gasteiger partial charge on any atom is -0.378 e. The van der Waals surface area contributed by atoms with Crippen molar-refractivity contribution in [1.29, 1.82) is 0 Å². The molecule has 112 valence electrons. The van der Waals surface area contributed by atoms with Crippen LogP contribution < -0.4 is 10.2 Å². The van der Waals surface area contributed by atoms with Crippen molar-refractivity contribution in [2.45, 2.75) is 51.5 Å². The molecule has 1 fully saturated rings. The summed E-state index contributed by atoms with van der Waals surface area (Å²) in [6.45, 7) is 3.41. The van der Waals surface area contributed by atoms with E-state index in [1.54, 1.807) is 0 Å². The van der Waals surface area contributed by atoms with Crippen LogP contribution in [0.25, 0.3) is 0 Å². The van der Waals surface area contributed by atoms with Crippen molar-refractivity contribution in [3.8, 4) is 0 Å². The van der Waals surface area contributed by atoms with Gasteiger partial charge in [-0.25, -0.2) is 0 Å². The summed E-state index contributed by atoms with van der Waals surface area (Å²) in [5.74, 6) is 1.02. The van der Waals surface area contributed by atoms with Crippen LogP contribution in [0.4, 0.5) is 5.69 Å². The molecule has 1 aromatic rings. The third kappa shape index (κ3) is 4.52. The highest BCUT2D eigenvalue weighted by Gasteiger charge is 2.14. The zero-order valence-corrected chi connectivity index (χ0v) is 13.4. The van der Waals surface area contributed by atoms with Crippen LogP contribution in [-0.2, 0) is 0 Å². The molecule has 0 radical (unpaired) electrons. The summed E-state index contributed by atoms with van der Waals surface area (Å²) >= 11 is 0. The Hall–Kier alpha value is -1.02. The van der Waals surface area contributed by atoms with E-state index in [2.05, 4.69) is 55.5 Å². The molecular weight excluding hydrogens is 244 g/mol. The molecule has 2 rings (SSSR count). The smallest absolute Gasteiger partial charge is 0.0361 e. The lowest BCUT2D eigenvalue weighted by Crippen LogP contribution is -2.20. The van der Waals surface area contributed by atoms with Crippen LogP contribution in [-0.4, -0.2) is 20.6 Å². The van der Waals surface area contributed by atoms with Gasteiger partial charge in [-0.15, -0.1) is 0 Å². The van der Waals surface area contributed by atoms with Gasteiger partial charge in [-0.05, 0) is 49.9 Å². The first-order valence-electron chi connectivity index (χ1n) is 8.17. The topological polar surface area (TPSA) is 15.3 Å². The molecule has 1 aromatic carbocycles. The molecule has 2 heteroatoms. The highest BCUT2D eigenvalue weighted by Crippen LogP contribution is 2.28. The monoisotopic (exact) mass is 274 g/mol. The lowest BCUT2D eigenvalue weighted by molar-refractivity contribution is 0.456. The number of rotatable bonds is 7. The van der Waals surface area contributed by atoms with Gasteiger partial charge in [0.15, 0.2) is 0 Å². The van der Waals surface area contributed by atoms with E-state index in [0.717, 1.165) is 12.5 Å². The van der Waals surface area contributed by atoms with Crippen molar-refractivity contribution in [1.82, 2.24) is 5.32 Å². The van der Waals surface area contributed by atoms with Gasteiger partial charge in [0, 0.05) is 25.8 Å². The Bertz CT molecular complexity index is 377. The third-order valence-electron chi connectivity index (χ3n) is 4.62. The second-order valence-corrected chi connectivity index (χ2v) is 6.45. The van der Waals surface area contributed by atoms with Crippen LogP contribution in [0.2, 0.25) is 0 Å². The Morgan fingerprint density at radius 1 is 1.15 bits per heavy atom. The normalized spacial score (nSPS) is 17.4. The van der Waals surface area contributed by atoms with Gasteiger partial charge in [0.25, 0.3) is 0 Å². The van der Waals surface area contributed by atoms with Crippen LogP contribution in [0.5, 0.6) is 0 Å². The van der Waals surface area contributed by atoms with E-state index in [1.165, 1.54) is 49.8 Å². The molecule has 0 saturated heterocycles. The van der Waals surface area contributed by atoms with E-state index in [-0.39, 0.29) is 0 Å². The van der Waals surface area contributed by atoms with E-state index in [4.69, 9.17) is 0 Å². The molecule has 0 aromatic heterocycles. The fraction of sp³-hybridized carbons (Fsp3) is 0.667. The maximum absolute atomic E-state index is 3.66. The van der Waals surface area contributed by atoms with Gasteiger partial charge in [-0.3, -0.25) is 0 Å². The standard InChI is InChI=1S/C18H30N2/c1-15(17-10-12-18(13-11-17)20(2)3)19-14-6-9-16-7-4-5-8-16/h10-13,15-16,19H,4-9,14H2,1-3H3. The Morgan fingerprint density at radius 2 is 1.80 bits per heavy atom. The van der Waals surface area contributed by atoms with Crippen molar-refractivity contribution in [3.05, 3.63) is 29.8 Å². The van der Waals surface area contributed by atoms with Crippen molar-refractivity contribution < 1.29 is 0 Å². The zero-order valence-electron chi connectivity index (χ0n) is 13.4. The number of hydrogen-bond donors (Lipinski definition) is 1. The molecule has 1 atom stereocenters. The molecule has 1 N–H and O–H groups in total. The molecule has 1 aliphatic rings. The Kier molecular flexibility index (Phi) is 5.90. The first kappa shape index (κ1) is 15.4. The SMILES string of the molecule is CC(NCCCC1CCCC1)c1ccc(N(C)C)cc1. The van der Waals surface area contributed by atoms with Crippen LogP contribution in [0.3, 0.4) is 0 Å². The fourth-order valence-corrected chi connectivity index (χ4v) is 3.19. The number of anilines is 1. The molecule has 2 nitrogen and oxygen atoms in total. The average molecular weight is 274 g/mol. The van der Waals surface area contributed by atoms with E-state index in [1.807, 2.05) is 0 Å². The zero-order chi connectivity index (χ0) is 14.4. The number of nitrogens with zero attached hydrogens (tertiary/aromatic N) is 1.